The third-order valence-corrected chi connectivity index (χ3v) is 6.44. The quantitative estimate of drug-likeness (QED) is 0.494. The van der Waals surface area contributed by atoms with E-state index in [1.54, 1.807) is 37.3 Å². The van der Waals surface area contributed by atoms with E-state index in [0.29, 0.717) is 23.6 Å². The van der Waals surface area contributed by atoms with E-state index >= 15 is 0 Å². The van der Waals surface area contributed by atoms with Gasteiger partial charge in [0.1, 0.15) is 11.5 Å². The largest absolute Gasteiger partial charge is 0.494 e. The van der Waals surface area contributed by atoms with Gasteiger partial charge in [-0.3, -0.25) is 9.59 Å². The molecule has 0 aliphatic heterocycles. The zero-order valence-electron chi connectivity index (χ0n) is 19.5. The number of carbonyl (C=O) groups excluding carboxylic acids is 2. The third-order valence-electron chi connectivity index (χ3n) is 4.63. The number of aryl methyl sites for hydroxylation is 1. The standard InChI is InChI=1S/C23H30N2O7S/c1-6-30-18-8-10-19(11-9-18)31-14-13-22(26)32-17(3)23(27)24-21-15-20(12-7-16(21)2)33(28,29)25(4)5/h7-12,15,17H,6,13-14H2,1-5H3,(H,24,27). The number of hydrogen-bond acceptors (Lipinski definition) is 7. The summed E-state index contributed by atoms with van der Waals surface area (Å²) in [6.45, 7) is 5.72. The SMILES string of the molecule is CCOc1ccc(OCCC(=O)OC(C)C(=O)Nc2cc(S(=O)(=O)N(C)C)ccc2C)cc1. The predicted molar refractivity (Wildman–Crippen MR) is 124 cm³/mol. The first-order valence-electron chi connectivity index (χ1n) is 10.4. The van der Waals surface area contributed by atoms with Gasteiger partial charge in [-0.2, -0.15) is 0 Å². The zero-order valence-corrected chi connectivity index (χ0v) is 20.3. The summed E-state index contributed by atoms with van der Waals surface area (Å²) in [7, 11) is -0.804. The van der Waals surface area contributed by atoms with Gasteiger partial charge in [0.25, 0.3) is 5.91 Å². The molecule has 2 aromatic rings. The number of carbonyl (C=O) groups is 2. The summed E-state index contributed by atoms with van der Waals surface area (Å²) < 4.78 is 41.8. The number of esters is 1. The van der Waals surface area contributed by atoms with Crippen LogP contribution < -0.4 is 14.8 Å². The Bertz CT molecular complexity index is 1070. The maximum absolute atomic E-state index is 12.5. The topological polar surface area (TPSA) is 111 Å². The highest BCUT2D eigenvalue weighted by Gasteiger charge is 2.21. The molecule has 1 unspecified atom stereocenters. The number of hydrogen-bond donors (Lipinski definition) is 1. The minimum absolute atomic E-state index is 0.0412. The van der Waals surface area contributed by atoms with Crippen molar-refractivity contribution in [2.75, 3.05) is 32.6 Å². The van der Waals surface area contributed by atoms with Crippen molar-refractivity contribution in [2.24, 2.45) is 0 Å². The van der Waals surface area contributed by atoms with Crippen molar-refractivity contribution in [3.63, 3.8) is 0 Å². The number of benzene rings is 2. The molecule has 0 spiro atoms. The van der Waals surface area contributed by atoms with Crippen LogP contribution in [0.5, 0.6) is 11.5 Å². The summed E-state index contributed by atoms with van der Waals surface area (Å²) >= 11 is 0. The predicted octanol–water partition coefficient (Wildman–Crippen LogP) is 2.98. The normalized spacial score (nSPS) is 12.2. The highest BCUT2D eigenvalue weighted by molar-refractivity contribution is 7.89. The van der Waals surface area contributed by atoms with E-state index < -0.39 is 28.0 Å². The minimum atomic E-state index is -3.65. The molecule has 33 heavy (non-hydrogen) atoms. The fourth-order valence-electron chi connectivity index (χ4n) is 2.70. The molecular weight excluding hydrogens is 448 g/mol. The molecule has 0 aromatic heterocycles. The second-order valence-electron chi connectivity index (χ2n) is 7.39. The van der Waals surface area contributed by atoms with Crippen molar-refractivity contribution in [1.29, 1.82) is 0 Å². The lowest BCUT2D eigenvalue weighted by molar-refractivity contribution is -0.153. The molecule has 2 rings (SSSR count). The van der Waals surface area contributed by atoms with Crippen LogP contribution in [0, 0.1) is 6.92 Å². The van der Waals surface area contributed by atoms with E-state index in [9.17, 15) is 18.0 Å². The Kier molecular flexibility index (Phi) is 9.24. The number of nitrogens with one attached hydrogen (secondary N) is 1. The van der Waals surface area contributed by atoms with Gasteiger partial charge >= 0.3 is 5.97 Å². The summed E-state index contributed by atoms with van der Waals surface area (Å²) in [6, 6.07) is 11.4. The van der Waals surface area contributed by atoms with Crippen molar-refractivity contribution in [3.05, 3.63) is 48.0 Å². The molecule has 0 aliphatic rings. The highest BCUT2D eigenvalue weighted by Crippen LogP contribution is 2.22. The first-order valence-corrected chi connectivity index (χ1v) is 11.9. The fourth-order valence-corrected chi connectivity index (χ4v) is 3.63. The van der Waals surface area contributed by atoms with E-state index in [2.05, 4.69) is 5.32 Å². The number of amides is 1. The van der Waals surface area contributed by atoms with Gasteiger partial charge in [-0.25, -0.2) is 12.7 Å². The van der Waals surface area contributed by atoms with Crippen LogP contribution in [0.15, 0.2) is 47.4 Å². The molecule has 180 valence electrons. The van der Waals surface area contributed by atoms with E-state index in [-0.39, 0.29) is 17.9 Å². The number of anilines is 1. The van der Waals surface area contributed by atoms with Crippen LogP contribution in [0.3, 0.4) is 0 Å². The van der Waals surface area contributed by atoms with Crippen LogP contribution in [-0.4, -0.2) is 58.0 Å². The van der Waals surface area contributed by atoms with Crippen LogP contribution in [0.1, 0.15) is 25.8 Å². The van der Waals surface area contributed by atoms with E-state index in [4.69, 9.17) is 14.2 Å². The first-order chi connectivity index (χ1) is 15.5. The Labute approximate surface area is 194 Å². The molecule has 0 aliphatic carbocycles. The number of ether oxygens (including phenoxy) is 3. The van der Waals surface area contributed by atoms with Gasteiger partial charge in [0.05, 0.1) is 24.5 Å². The van der Waals surface area contributed by atoms with Gasteiger partial charge in [-0.15, -0.1) is 0 Å². The van der Waals surface area contributed by atoms with Crippen LogP contribution in [0.4, 0.5) is 5.69 Å². The van der Waals surface area contributed by atoms with Gasteiger partial charge in [0, 0.05) is 19.8 Å². The molecule has 0 bridgehead atoms. The summed E-state index contributed by atoms with van der Waals surface area (Å²) in [4.78, 5) is 24.6. The van der Waals surface area contributed by atoms with Gasteiger partial charge in [0.15, 0.2) is 6.10 Å². The second-order valence-corrected chi connectivity index (χ2v) is 9.54. The lowest BCUT2D eigenvalue weighted by atomic mass is 10.2. The molecule has 0 fully saturated rings. The lowest BCUT2D eigenvalue weighted by Crippen LogP contribution is -2.30. The summed E-state index contributed by atoms with van der Waals surface area (Å²) in [6.07, 6.45) is -1.11. The smallest absolute Gasteiger partial charge is 0.310 e. The van der Waals surface area contributed by atoms with Crippen molar-refractivity contribution in [3.8, 4) is 11.5 Å². The molecular formula is C23H30N2O7S. The van der Waals surface area contributed by atoms with Gasteiger partial charge in [0.2, 0.25) is 10.0 Å². The van der Waals surface area contributed by atoms with E-state index in [1.165, 1.54) is 33.2 Å². The average Bonchev–Trinajstić information content (AvgIpc) is 2.76. The van der Waals surface area contributed by atoms with E-state index in [0.717, 1.165) is 10.1 Å². The minimum Gasteiger partial charge on any atom is -0.494 e. The van der Waals surface area contributed by atoms with Crippen LogP contribution in [0.25, 0.3) is 0 Å². The third kappa shape index (κ3) is 7.47. The Balaban J connectivity index is 1.88. The summed E-state index contributed by atoms with van der Waals surface area (Å²) in [5, 5.41) is 2.62. The molecule has 1 amide bonds. The van der Waals surface area contributed by atoms with Crippen molar-refractivity contribution < 1.29 is 32.2 Å². The Morgan fingerprint density at radius 1 is 1.03 bits per heavy atom. The van der Waals surface area contributed by atoms with E-state index in [1.807, 2.05) is 6.92 Å². The first kappa shape index (κ1) is 26.1. The average molecular weight is 479 g/mol. The molecule has 2 aromatic carbocycles. The molecule has 1 atom stereocenters. The fraction of sp³-hybridized carbons (Fsp3) is 0.391. The van der Waals surface area contributed by atoms with Crippen molar-refractivity contribution in [1.82, 2.24) is 4.31 Å². The van der Waals surface area contributed by atoms with Crippen LogP contribution in [-0.2, 0) is 24.3 Å². The van der Waals surface area contributed by atoms with Crippen LogP contribution in [0.2, 0.25) is 0 Å². The molecule has 0 heterocycles. The molecule has 9 nitrogen and oxygen atoms in total. The van der Waals surface area contributed by atoms with Crippen LogP contribution >= 0.6 is 0 Å². The second kappa shape index (κ2) is 11.7. The Morgan fingerprint density at radius 2 is 1.64 bits per heavy atom. The Hall–Kier alpha value is -3.11. The molecule has 0 radical (unpaired) electrons. The number of sulfonamides is 1. The molecule has 0 saturated heterocycles. The maximum atomic E-state index is 12.5. The number of nitrogens with zero attached hydrogens (tertiary/aromatic N) is 1. The Morgan fingerprint density at radius 3 is 2.21 bits per heavy atom. The zero-order chi connectivity index (χ0) is 24.6. The van der Waals surface area contributed by atoms with Crippen molar-refractivity contribution in [2.45, 2.75) is 38.2 Å². The molecule has 0 saturated carbocycles. The lowest BCUT2D eigenvalue weighted by Gasteiger charge is -2.17. The number of rotatable bonds is 11. The van der Waals surface area contributed by atoms with Gasteiger partial charge < -0.3 is 19.5 Å². The highest BCUT2D eigenvalue weighted by atomic mass is 32.2. The molecule has 1 N–H and O–H groups in total. The molecule has 10 heteroatoms. The monoisotopic (exact) mass is 478 g/mol. The maximum Gasteiger partial charge on any atom is 0.310 e. The van der Waals surface area contributed by atoms with Crippen molar-refractivity contribution >= 4 is 27.6 Å². The summed E-state index contributed by atoms with van der Waals surface area (Å²) in [5.74, 6) is 0.145. The van der Waals surface area contributed by atoms with Gasteiger partial charge in [-0.05, 0) is 62.7 Å². The summed E-state index contributed by atoms with van der Waals surface area (Å²) in [5.41, 5.74) is 0.994. The van der Waals surface area contributed by atoms with Gasteiger partial charge in [-0.1, -0.05) is 6.07 Å².